The van der Waals surface area contributed by atoms with Crippen LogP contribution in [-0.2, 0) is 0 Å². The standard InChI is InChI=1S/C15H30N2O2/c1-5-11(2)9-12(3)16-15(19)17(4)10-13-7-6-8-14(13)18/h11-14,18H,5-10H2,1-4H3,(H,16,19). The monoisotopic (exact) mass is 270 g/mol. The molecule has 1 rings (SSSR count). The molecule has 4 nitrogen and oxygen atoms in total. The lowest BCUT2D eigenvalue weighted by Crippen LogP contribution is -2.44. The Labute approximate surface area is 117 Å². The number of aliphatic hydroxyl groups is 1. The molecule has 1 aliphatic rings. The smallest absolute Gasteiger partial charge is 0.317 e. The van der Waals surface area contributed by atoms with Crippen molar-refractivity contribution in [2.24, 2.45) is 11.8 Å². The Hall–Kier alpha value is -0.770. The Bertz CT molecular complexity index is 283. The van der Waals surface area contributed by atoms with Crippen LogP contribution in [0.25, 0.3) is 0 Å². The summed E-state index contributed by atoms with van der Waals surface area (Å²) in [6.07, 6.45) is 4.91. The Morgan fingerprint density at radius 1 is 1.42 bits per heavy atom. The highest BCUT2D eigenvalue weighted by Gasteiger charge is 2.27. The van der Waals surface area contributed by atoms with Crippen molar-refractivity contribution in [2.75, 3.05) is 13.6 Å². The average molecular weight is 270 g/mol. The summed E-state index contributed by atoms with van der Waals surface area (Å²) in [5.74, 6) is 0.887. The van der Waals surface area contributed by atoms with E-state index < -0.39 is 0 Å². The van der Waals surface area contributed by atoms with Crippen LogP contribution in [0.1, 0.15) is 52.9 Å². The molecule has 1 aliphatic carbocycles. The number of carbonyl (C=O) groups excluding carboxylic acids is 1. The summed E-state index contributed by atoms with van der Waals surface area (Å²) < 4.78 is 0. The number of urea groups is 1. The van der Waals surface area contributed by atoms with E-state index in [0.717, 1.165) is 32.1 Å². The van der Waals surface area contributed by atoms with E-state index in [2.05, 4.69) is 26.1 Å². The minimum absolute atomic E-state index is 0.0186. The highest BCUT2D eigenvalue weighted by Crippen LogP contribution is 2.25. The van der Waals surface area contributed by atoms with E-state index >= 15 is 0 Å². The molecule has 0 heterocycles. The maximum Gasteiger partial charge on any atom is 0.317 e. The average Bonchev–Trinajstić information content (AvgIpc) is 2.74. The molecule has 0 aromatic rings. The fourth-order valence-corrected chi connectivity index (χ4v) is 2.82. The van der Waals surface area contributed by atoms with Crippen LogP contribution in [-0.4, -0.2) is 41.8 Å². The Kier molecular flexibility index (Phi) is 6.63. The van der Waals surface area contributed by atoms with Crippen LogP contribution < -0.4 is 5.32 Å². The lowest BCUT2D eigenvalue weighted by atomic mass is 10.0. The van der Waals surface area contributed by atoms with Gasteiger partial charge < -0.3 is 15.3 Å². The highest BCUT2D eigenvalue weighted by molar-refractivity contribution is 5.74. The first-order valence-corrected chi connectivity index (χ1v) is 7.63. The zero-order chi connectivity index (χ0) is 14.4. The number of hydrogen-bond acceptors (Lipinski definition) is 2. The maximum absolute atomic E-state index is 12.1. The zero-order valence-electron chi connectivity index (χ0n) is 12.9. The number of amides is 2. The van der Waals surface area contributed by atoms with Gasteiger partial charge in [-0.05, 0) is 32.1 Å². The molecule has 0 aromatic heterocycles. The summed E-state index contributed by atoms with van der Waals surface area (Å²) in [6, 6.07) is 0.188. The van der Waals surface area contributed by atoms with E-state index in [0.29, 0.717) is 12.5 Å². The van der Waals surface area contributed by atoms with Crippen molar-refractivity contribution in [1.29, 1.82) is 0 Å². The number of aliphatic hydroxyl groups excluding tert-OH is 1. The van der Waals surface area contributed by atoms with Crippen LogP contribution in [0.3, 0.4) is 0 Å². The van der Waals surface area contributed by atoms with Crippen molar-refractivity contribution >= 4 is 6.03 Å². The van der Waals surface area contributed by atoms with Crippen LogP contribution in [0.5, 0.6) is 0 Å². The molecule has 4 heteroatoms. The number of rotatable bonds is 6. The first kappa shape index (κ1) is 16.3. The maximum atomic E-state index is 12.1. The van der Waals surface area contributed by atoms with Gasteiger partial charge in [-0.25, -0.2) is 4.79 Å². The Balaban J connectivity index is 2.31. The first-order chi connectivity index (χ1) is 8.93. The van der Waals surface area contributed by atoms with Gasteiger partial charge in [0.25, 0.3) is 0 Å². The quantitative estimate of drug-likeness (QED) is 0.779. The fraction of sp³-hybridized carbons (Fsp3) is 0.933. The molecule has 0 saturated heterocycles. The predicted octanol–water partition coefficient (Wildman–Crippen LogP) is 2.61. The summed E-state index contributed by atoms with van der Waals surface area (Å²) in [7, 11) is 1.82. The second-order valence-corrected chi connectivity index (χ2v) is 6.24. The molecule has 2 N–H and O–H groups in total. The lowest BCUT2D eigenvalue weighted by molar-refractivity contribution is 0.113. The van der Waals surface area contributed by atoms with Crippen molar-refractivity contribution in [1.82, 2.24) is 10.2 Å². The second kappa shape index (κ2) is 7.73. The fourth-order valence-electron chi connectivity index (χ4n) is 2.82. The van der Waals surface area contributed by atoms with Gasteiger partial charge in [0.2, 0.25) is 0 Å². The normalized spacial score (nSPS) is 25.9. The molecular weight excluding hydrogens is 240 g/mol. The Morgan fingerprint density at radius 3 is 2.63 bits per heavy atom. The van der Waals surface area contributed by atoms with Gasteiger partial charge in [-0.3, -0.25) is 0 Å². The minimum Gasteiger partial charge on any atom is -0.393 e. The summed E-state index contributed by atoms with van der Waals surface area (Å²) >= 11 is 0. The van der Waals surface area contributed by atoms with Crippen LogP contribution >= 0.6 is 0 Å². The molecule has 0 spiro atoms. The number of carbonyl (C=O) groups is 1. The third-order valence-electron chi connectivity index (χ3n) is 4.30. The van der Waals surface area contributed by atoms with Crippen LogP contribution in [0.15, 0.2) is 0 Å². The molecule has 4 unspecified atom stereocenters. The van der Waals surface area contributed by atoms with Crippen LogP contribution in [0, 0.1) is 11.8 Å². The number of hydrogen-bond donors (Lipinski definition) is 2. The van der Waals surface area contributed by atoms with Crippen molar-refractivity contribution < 1.29 is 9.90 Å². The van der Waals surface area contributed by atoms with E-state index in [-0.39, 0.29) is 24.1 Å². The van der Waals surface area contributed by atoms with E-state index in [1.54, 1.807) is 4.90 Å². The third kappa shape index (κ3) is 5.39. The van der Waals surface area contributed by atoms with Crippen molar-refractivity contribution in [3.63, 3.8) is 0 Å². The molecule has 4 atom stereocenters. The van der Waals surface area contributed by atoms with Gasteiger partial charge in [0.1, 0.15) is 0 Å². The summed E-state index contributed by atoms with van der Waals surface area (Å²) in [5, 5.41) is 12.8. The molecule has 1 saturated carbocycles. The SMILES string of the molecule is CCC(C)CC(C)NC(=O)N(C)CC1CCCC1O. The van der Waals surface area contributed by atoms with Crippen LogP contribution in [0.4, 0.5) is 4.79 Å². The van der Waals surface area contributed by atoms with Gasteiger partial charge in [-0.2, -0.15) is 0 Å². The third-order valence-corrected chi connectivity index (χ3v) is 4.30. The molecule has 0 aromatic carbocycles. The second-order valence-electron chi connectivity index (χ2n) is 6.24. The van der Waals surface area contributed by atoms with Gasteiger partial charge in [0, 0.05) is 25.6 Å². The molecule has 0 bridgehead atoms. The van der Waals surface area contributed by atoms with Gasteiger partial charge in [0.15, 0.2) is 0 Å². The van der Waals surface area contributed by atoms with Gasteiger partial charge in [0.05, 0.1) is 6.10 Å². The molecule has 1 fully saturated rings. The largest absolute Gasteiger partial charge is 0.393 e. The van der Waals surface area contributed by atoms with Gasteiger partial charge in [-0.1, -0.05) is 26.7 Å². The predicted molar refractivity (Wildman–Crippen MR) is 78.0 cm³/mol. The number of nitrogens with one attached hydrogen (secondary N) is 1. The lowest BCUT2D eigenvalue weighted by Gasteiger charge is -2.26. The van der Waals surface area contributed by atoms with Crippen molar-refractivity contribution in [2.45, 2.75) is 65.0 Å². The zero-order valence-corrected chi connectivity index (χ0v) is 12.9. The first-order valence-electron chi connectivity index (χ1n) is 7.63. The minimum atomic E-state index is -0.229. The number of nitrogens with zero attached hydrogens (tertiary/aromatic N) is 1. The van der Waals surface area contributed by atoms with E-state index in [1.165, 1.54) is 0 Å². The highest BCUT2D eigenvalue weighted by atomic mass is 16.3. The summed E-state index contributed by atoms with van der Waals surface area (Å²) in [6.45, 7) is 7.10. The molecule has 0 radical (unpaired) electrons. The molecule has 2 amide bonds. The summed E-state index contributed by atoms with van der Waals surface area (Å²) in [4.78, 5) is 13.8. The molecule has 112 valence electrons. The van der Waals surface area contributed by atoms with E-state index in [1.807, 2.05) is 7.05 Å². The molecule has 19 heavy (non-hydrogen) atoms. The molecule has 0 aliphatic heterocycles. The topological polar surface area (TPSA) is 52.6 Å². The molecular formula is C15H30N2O2. The van der Waals surface area contributed by atoms with E-state index in [9.17, 15) is 9.90 Å². The van der Waals surface area contributed by atoms with Crippen molar-refractivity contribution in [3.05, 3.63) is 0 Å². The van der Waals surface area contributed by atoms with E-state index in [4.69, 9.17) is 0 Å². The van der Waals surface area contributed by atoms with Crippen molar-refractivity contribution in [3.8, 4) is 0 Å². The Morgan fingerprint density at radius 2 is 2.11 bits per heavy atom. The van der Waals surface area contributed by atoms with Gasteiger partial charge >= 0.3 is 6.03 Å². The van der Waals surface area contributed by atoms with Gasteiger partial charge in [-0.15, -0.1) is 0 Å². The van der Waals surface area contributed by atoms with Crippen LogP contribution in [0.2, 0.25) is 0 Å². The summed E-state index contributed by atoms with van der Waals surface area (Å²) in [5.41, 5.74) is 0.